The highest BCUT2D eigenvalue weighted by atomic mass is 16.5. The fourth-order valence-electron chi connectivity index (χ4n) is 4.18. The van der Waals surface area contributed by atoms with Crippen LogP contribution in [0.5, 0.6) is 0 Å². The van der Waals surface area contributed by atoms with Gasteiger partial charge < -0.3 is 10.1 Å². The van der Waals surface area contributed by atoms with Crippen LogP contribution in [-0.4, -0.2) is 43.2 Å². The summed E-state index contributed by atoms with van der Waals surface area (Å²) < 4.78 is 5.58. The molecule has 2 aromatic carbocycles. The number of likely N-dealkylation sites (tertiary alicyclic amines) is 1. The summed E-state index contributed by atoms with van der Waals surface area (Å²) >= 11 is 0. The number of rotatable bonds is 5. The van der Waals surface area contributed by atoms with Gasteiger partial charge in [0.1, 0.15) is 0 Å². The topological polar surface area (TPSA) is 41.6 Å². The molecule has 2 saturated heterocycles. The first-order valence-electron chi connectivity index (χ1n) is 9.41. The molecule has 2 aliphatic rings. The van der Waals surface area contributed by atoms with E-state index in [0.29, 0.717) is 19.1 Å². The molecule has 25 heavy (non-hydrogen) atoms. The Balaban J connectivity index is 1.44. The van der Waals surface area contributed by atoms with Crippen molar-refractivity contribution in [2.75, 3.05) is 26.2 Å². The molecule has 1 amide bonds. The second-order valence-electron chi connectivity index (χ2n) is 7.14. The first-order valence-corrected chi connectivity index (χ1v) is 9.41. The van der Waals surface area contributed by atoms with Crippen molar-refractivity contribution in [1.82, 2.24) is 10.2 Å². The van der Waals surface area contributed by atoms with Crippen molar-refractivity contribution in [2.45, 2.75) is 37.8 Å². The zero-order valence-corrected chi connectivity index (χ0v) is 14.6. The van der Waals surface area contributed by atoms with Crippen LogP contribution in [0.2, 0.25) is 0 Å². The molecule has 2 fully saturated rings. The third-order valence-electron chi connectivity index (χ3n) is 5.44. The molecule has 1 N–H and O–H groups in total. The molecule has 4 nitrogen and oxygen atoms in total. The Hall–Kier alpha value is -1.91. The van der Waals surface area contributed by atoms with Crippen molar-refractivity contribution in [3.8, 4) is 0 Å². The third-order valence-corrected chi connectivity index (χ3v) is 5.44. The van der Waals surface area contributed by atoms with Crippen molar-refractivity contribution in [3.05, 3.63) is 48.0 Å². The number of ether oxygens (including phenoxy) is 1. The van der Waals surface area contributed by atoms with E-state index in [1.54, 1.807) is 0 Å². The highest BCUT2D eigenvalue weighted by Gasteiger charge is 2.28. The van der Waals surface area contributed by atoms with E-state index in [0.717, 1.165) is 38.8 Å². The maximum atomic E-state index is 12.4. The van der Waals surface area contributed by atoms with E-state index in [1.165, 1.54) is 16.3 Å². The molecule has 2 heterocycles. The summed E-state index contributed by atoms with van der Waals surface area (Å²) in [6.45, 7) is 2.93. The molecule has 0 radical (unpaired) electrons. The molecule has 4 rings (SSSR count). The van der Waals surface area contributed by atoms with Crippen molar-refractivity contribution in [1.29, 1.82) is 0 Å². The standard InChI is InChI=1S/C21H26N2O2/c24-21(22-14-17-8-5-13-25-17)15-23-12-4-11-20(23)19-10-3-7-16-6-1-2-9-18(16)19/h1-3,6-7,9-10,17,20H,4-5,8,11-15H2,(H,22,24). The molecule has 0 spiro atoms. The van der Waals surface area contributed by atoms with E-state index >= 15 is 0 Å². The molecular formula is C21H26N2O2. The summed E-state index contributed by atoms with van der Waals surface area (Å²) in [4.78, 5) is 14.7. The lowest BCUT2D eigenvalue weighted by molar-refractivity contribution is -0.123. The van der Waals surface area contributed by atoms with Gasteiger partial charge >= 0.3 is 0 Å². The number of nitrogens with zero attached hydrogens (tertiary/aromatic N) is 1. The van der Waals surface area contributed by atoms with Gasteiger partial charge in [-0.2, -0.15) is 0 Å². The molecule has 0 saturated carbocycles. The summed E-state index contributed by atoms with van der Waals surface area (Å²) in [6, 6.07) is 15.4. The molecule has 0 aliphatic carbocycles. The van der Waals surface area contributed by atoms with Gasteiger partial charge in [-0.25, -0.2) is 0 Å². The molecule has 2 aliphatic heterocycles. The SMILES string of the molecule is O=C(CN1CCCC1c1cccc2ccccc12)NCC1CCCO1. The fourth-order valence-corrected chi connectivity index (χ4v) is 4.18. The van der Waals surface area contributed by atoms with Crippen molar-refractivity contribution >= 4 is 16.7 Å². The summed E-state index contributed by atoms with van der Waals surface area (Å²) in [7, 11) is 0. The van der Waals surface area contributed by atoms with Crippen LogP contribution >= 0.6 is 0 Å². The Kier molecular flexibility index (Phi) is 4.99. The monoisotopic (exact) mass is 338 g/mol. The second-order valence-corrected chi connectivity index (χ2v) is 7.14. The summed E-state index contributed by atoms with van der Waals surface area (Å²) in [5.74, 6) is 0.114. The average Bonchev–Trinajstić information content (AvgIpc) is 3.31. The first-order chi connectivity index (χ1) is 12.3. The van der Waals surface area contributed by atoms with E-state index in [9.17, 15) is 4.79 Å². The minimum absolute atomic E-state index is 0.114. The maximum Gasteiger partial charge on any atom is 0.234 e. The number of carbonyl (C=O) groups excluding carboxylic acids is 1. The summed E-state index contributed by atoms with van der Waals surface area (Å²) in [6.07, 6.45) is 4.63. The lowest BCUT2D eigenvalue weighted by Crippen LogP contribution is -2.40. The Labute approximate surface area is 149 Å². The Morgan fingerprint density at radius 3 is 2.88 bits per heavy atom. The number of hydrogen-bond donors (Lipinski definition) is 1. The van der Waals surface area contributed by atoms with Crippen LogP contribution in [-0.2, 0) is 9.53 Å². The van der Waals surface area contributed by atoms with Crippen molar-refractivity contribution in [2.24, 2.45) is 0 Å². The van der Waals surface area contributed by atoms with Gasteiger partial charge in [0, 0.05) is 19.2 Å². The minimum atomic E-state index is 0.114. The molecule has 2 atom stereocenters. The van der Waals surface area contributed by atoms with Gasteiger partial charge in [-0.3, -0.25) is 9.69 Å². The van der Waals surface area contributed by atoms with Crippen molar-refractivity contribution in [3.63, 3.8) is 0 Å². The number of hydrogen-bond acceptors (Lipinski definition) is 3. The molecule has 0 bridgehead atoms. The van der Waals surface area contributed by atoms with Crippen LogP contribution in [0.1, 0.15) is 37.3 Å². The van der Waals surface area contributed by atoms with Crippen LogP contribution in [0, 0.1) is 0 Å². The largest absolute Gasteiger partial charge is 0.376 e. The maximum absolute atomic E-state index is 12.4. The van der Waals surface area contributed by atoms with Crippen LogP contribution < -0.4 is 5.32 Å². The van der Waals surface area contributed by atoms with E-state index < -0.39 is 0 Å². The van der Waals surface area contributed by atoms with E-state index in [1.807, 2.05) is 0 Å². The minimum Gasteiger partial charge on any atom is -0.376 e. The fraction of sp³-hybridized carbons (Fsp3) is 0.476. The van der Waals surface area contributed by atoms with Crippen LogP contribution in [0.15, 0.2) is 42.5 Å². The van der Waals surface area contributed by atoms with Crippen LogP contribution in [0.3, 0.4) is 0 Å². The van der Waals surface area contributed by atoms with Gasteiger partial charge in [0.15, 0.2) is 0 Å². The number of carbonyl (C=O) groups is 1. The Bertz CT molecular complexity index is 734. The van der Waals surface area contributed by atoms with Gasteiger partial charge in [-0.1, -0.05) is 42.5 Å². The van der Waals surface area contributed by atoms with Crippen molar-refractivity contribution < 1.29 is 9.53 Å². The number of amides is 1. The lowest BCUT2D eigenvalue weighted by atomic mass is 9.97. The number of nitrogens with one attached hydrogen (secondary N) is 1. The highest BCUT2D eigenvalue weighted by Crippen LogP contribution is 2.35. The quantitative estimate of drug-likeness (QED) is 0.910. The van der Waals surface area contributed by atoms with Crippen LogP contribution in [0.25, 0.3) is 10.8 Å². The van der Waals surface area contributed by atoms with Gasteiger partial charge in [0.05, 0.1) is 12.6 Å². The summed E-state index contributed by atoms with van der Waals surface area (Å²) in [5.41, 5.74) is 1.35. The predicted octanol–water partition coefficient (Wildman–Crippen LogP) is 3.27. The second kappa shape index (κ2) is 7.54. The van der Waals surface area contributed by atoms with Gasteiger partial charge in [-0.05, 0) is 48.6 Å². The smallest absolute Gasteiger partial charge is 0.234 e. The predicted molar refractivity (Wildman–Crippen MR) is 99.5 cm³/mol. The van der Waals surface area contributed by atoms with Gasteiger partial charge in [0.2, 0.25) is 5.91 Å². The van der Waals surface area contributed by atoms with E-state index in [2.05, 4.69) is 52.7 Å². The Morgan fingerprint density at radius 2 is 2.00 bits per heavy atom. The molecule has 4 heteroatoms. The number of fused-ring (bicyclic) bond motifs is 1. The first kappa shape index (κ1) is 16.6. The molecule has 2 aromatic rings. The lowest BCUT2D eigenvalue weighted by Gasteiger charge is -2.25. The molecule has 0 aromatic heterocycles. The van der Waals surface area contributed by atoms with Gasteiger partial charge in [-0.15, -0.1) is 0 Å². The zero-order valence-electron chi connectivity index (χ0n) is 14.6. The Morgan fingerprint density at radius 1 is 1.12 bits per heavy atom. The van der Waals surface area contributed by atoms with E-state index in [4.69, 9.17) is 4.74 Å². The normalized spacial score (nSPS) is 24.0. The molecule has 132 valence electrons. The van der Waals surface area contributed by atoms with E-state index in [-0.39, 0.29) is 12.0 Å². The van der Waals surface area contributed by atoms with Gasteiger partial charge in [0.25, 0.3) is 0 Å². The zero-order chi connectivity index (χ0) is 17.1. The third kappa shape index (κ3) is 3.70. The number of benzene rings is 2. The highest BCUT2D eigenvalue weighted by molar-refractivity contribution is 5.86. The molecule has 2 unspecified atom stereocenters. The molecular weight excluding hydrogens is 312 g/mol. The summed E-state index contributed by atoms with van der Waals surface area (Å²) in [5, 5.41) is 5.64. The van der Waals surface area contributed by atoms with Crippen LogP contribution in [0.4, 0.5) is 0 Å². The average molecular weight is 338 g/mol.